The van der Waals surface area contributed by atoms with Crippen molar-refractivity contribution in [2.75, 3.05) is 13.2 Å². The molecule has 0 aliphatic heterocycles. The molecule has 0 aromatic carbocycles. The van der Waals surface area contributed by atoms with Gasteiger partial charge in [-0.2, -0.15) is 0 Å². The zero-order valence-corrected chi connectivity index (χ0v) is 10.7. The molecule has 0 saturated heterocycles. The lowest BCUT2D eigenvalue weighted by atomic mass is 9.96. The molecule has 0 aliphatic carbocycles. The fraction of sp³-hybridized carbons (Fsp3) is 0.692. The highest BCUT2D eigenvalue weighted by Gasteiger charge is 2.32. The molecule has 0 fully saturated rings. The maximum Gasteiger partial charge on any atom is 0.123 e. The van der Waals surface area contributed by atoms with Crippen molar-refractivity contribution < 1.29 is 9.15 Å². The van der Waals surface area contributed by atoms with E-state index < -0.39 is 0 Å². The molecule has 3 nitrogen and oxygen atoms in total. The molecule has 92 valence electrons. The van der Waals surface area contributed by atoms with E-state index in [9.17, 15) is 0 Å². The smallest absolute Gasteiger partial charge is 0.123 e. The van der Waals surface area contributed by atoms with Gasteiger partial charge >= 0.3 is 0 Å². The SMILES string of the molecule is CCCNC(c1ccco1)C(C)(C)OCC. The van der Waals surface area contributed by atoms with Gasteiger partial charge in [0.15, 0.2) is 0 Å². The number of furan rings is 1. The van der Waals surface area contributed by atoms with Crippen LogP contribution in [0.15, 0.2) is 22.8 Å². The van der Waals surface area contributed by atoms with Crippen LogP contribution in [-0.2, 0) is 4.74 Å². The summed E-state index contributed by atoms with van der Waals surface area (Å²) in [7, 11) is 0. The largest absolute Gasteiger partial charge is 0.468 e. The molecule has 0 aliphatic rings. The van der Waals surface area contributed by atoms with Crippen molar-refractivity contribution in [2.45, 2.75) is 45.8 Å². The molecule has 0 spiro atoms. The van der Waals surface area contributed by atoms with Crippen LogP contribution in [0.5, 0.6) is 0 Å². The minimum Gasteiger partial charge on any atom is -0.468 e. The van der Waals surface area contributed by atoms with Gasteiger partial charge in [0.25, 0.3) is 0 Å². The Morgan fingerprint density at radius 2 is 2.19 bits per heavy atom. The van der Waals surface area contributed by atoms with E-state index in [1.54, 1.807) is 6.26 Å². The first-order chi connectivity index (χ1) is 7.61. The van der Waals surface area contributed by atoms with Gasteiger partial charge in [-0.3, -0.25) is 0 Å². The molecule has 1 atom stereocenters. The van der Waals surface area contributed by atoms with Crippen molar-refractivity contribution in [2.24, 2.45) is 0 Å². The van der Waals surface area contributed by atoms with E-state index in [1.165, 1.54) is 0 Å². The lowest BCUT2D eigenvalue weighted by molar-refractivity contribution is -0.0439. The Labute approximate surface area is 98.2 Å². The van der Waals surface area contributed by atoms with Crippen molar-refractivity contribution >= 4 is 0 Å². The molecule has 0 bridgehead atoms. The van der Waals surface area contributed by atoms with Crippen LogP contribution < -0.4 is 5.32 Å². The predicted octanol–water partition coefficient (Wildman–Crippen LogP) is 3.14. The van der Waals surface area contributed by atoms with Gasteiger partial charge in [0.2, 0.25) is 0 Å². The summed E-state index contributed by atoms with van der Waals surface area (Å²) in [6.45, 7) is 10.0. The average Bonchev–Trinajstić information content (AvgIpc) is 2.71. The summed E-state index contributed by atoms with van der Waals surface area (Å²) in [6.07, 6.45) is 2.80. The van der Waals surface area contributed by atoms with Gasteiger partial charge in [-0.1, -0.05) is 6.92 Å². The van der Waals surface area contributed by atoms with Crippen LogP contribution in [0.2, 0.25) is 0 Å². The molecule has 3 heteroatoms. The first-order valence-corrected chi connectivity index (χ1v) is 6.02. The molecule has 1 aromatic heterocycles. The fourth-order valence-electron chi connectivity index (χ4n) is 1.89. The number of hydrogen-bond donors (Lipinski definition) is 1. The van der Waals surface area contributed by atoms with Gasteiger partial charge in [0.05, 0.1) is 17.9 Å². The zero-order chi connectivity index (χ0) is 12.0. The van der Waals surface area contributed by atoms with Crippen LogP contribution in [0.25, 0.3) is 0 Å². The molecule has 0 saturated carbocycles. The molecule has 1 heterocycles. The number of ether oxygens (including phenoxy) is 1. The highest BCUT2D eigenvalue weighted by atomic mass is 16.5. The Bertz CT molecular complexity index is 280. The Hall–Kier alpha value is -0.800. The number of nitrogens with one attached hydrogen (secondary N) is 1. The first-order valence-electron chi connectivity index (χ1n) is 6.02. The molecule has 1 N–H and O–H groups in total. The summed E-state index contributed by atoms with van der Waals surface area (Å²) in [5.41, 5.74) is -0.262. The second-order valence-electron chi connectivity index (χ2n) is 4.44. The van der Waals surface area contributed by atoms with Gasteiger partial charge in [-0.25, -0.2) is 0 Å². The van der Waals surface area contributed by atoms with Gasteiger partial charge in [-0.15, -0.1) is 0 Å². The van der Waals surface area contributed by atoms with Gasteiger partial charge in [0.1, 0.15) is 5.76 Å². The summed E-state index contributed by atoms with van der Waals surface area (Å²) in [5.74, 6) is 0.937. The molecule has 1 unspecified atom stereocenters. The van der Waals surface area contributed by atoms with E-state index in [2.05, 4.69) is 26.1 Å². The Morgan fingerprint density at radius 1 is 1.44 bits per heavy atom. The molecule has 16 heavy (non-hydrogen) atoms. The average molecular weight is 225 g/mol. The Kier molecular flexibility index (Phi) is 5.03. The lowest BCUT2D eigenvalue weighted by Gasteiger charge is -2.33. The number of hydrogen-bond acceptors (Lipinski definition) is 3. The van der Waals surface area contributed by atoms with Gasteiger partial charge < -0.3 is 14.5 Å². The van der Waals surface area contributed by atoms with Crippen molar-refractivity contribution in [3.8, 4) is 0 Å². The van der Waals surface area contributed by atoms with Gasteiger partial charge in [0, 0.05) is 6.61 Å². The molecule has 1 rings (SSSR count). The molecular weight excluding hydrogens is 202 g/mol. The van der Waals surface area contributed by atoms with Crippen molar-refractivity contribution in [1.29, 1.82) is 0 Å². The summed E-state index contributed by atoms with van der Waals surface area (Å²) in [5, 5.41) is 3.48. The van der Waals surface area contributed by atoms with E-state index in [0.29, 0.717) is 6.61 Å². The van der Waals surface area contributed by atoms with Crippen molar-refractivity contribution in [3.63, 3.8) is 0 Å². The first kappa shape index (κ1) is 13.3. The Morgan fingerprint density at radius 3 is 2.69 bits per heavy atom. The molecule has 1 aromatic rings. The summed E-state index contributed by atoms with van der Waals surface area (Å²) >= 11 is 0. The third kappa shape index (κ3) is 3.35. The minimum atomic E-state index is -0.262. The number of rotatable bonds is 7. The molecule has 0 radical (unpaired) electrons. The quantitative estimate of drug-likeness (QED) is 0.774. The fourth-order valence-corrected chi connectivity index (χ4v) is 1.89. The van der Waals surface area contributed by atoms with Crippen LogP contribution >= 0.6 is 0 Å². The standard InChI is InChI=1S/C13H23NO2/c1-5-9-14-12(11-8-7-10-15-11)13(3,4)16-6-2/h7-8,10,12,14H,5-6,9H2,1-4H3. The third-order valence-electron chi connectivity index (χ3n) is 2.64. The van der Waals surface area contributed by atoms with E-state index in [4.69, 9.17) is 9.15 Å². The maximum atomic E-state index is 5.79. The summed E-state index contributed by atoms with van der Waals surface area (Å²) in [4.78, 5) is 0. The Balaban J connectivity index is 2.78. The van der Waals surface area contributed by atoms with E-state index in [0.717, 1.165) is 18.7 Å². The molecular formula is C13H23NO2. The van der Waals surface area contributed by atoms with Crippen molar-refractivity contribution in [3.05, 3.63) is 24.2 Å². The monoisotopic (exact) mass is 225 g/mol. The highest BCUT2D eigenvalue weighted by molar-refractivity contribution is 5.09. The van der Waals surface area contributed by atoms with Crippen LogP contribution in [0, 0.1) is 0 Å². The van der Waals surface area contributed by atoms with Crippen LogP contribution in [0.1, 0.15) is 45.9 Å². The maximum absolute atomic E-state index is 5.79. The topological polar surface area (TPSA) is 34.4 Å². The van der Waals surface area contributed by atoms with Crippen LogP contribution in [-0.4, -0.2) is 18.8 Å². The summed E-state index contributed by atoms with van der Waals surface area (Å²) < 4.78 is 11.3. The van der Waals surface area contributed by atoms with Crippen LogP contribution in [0.4, 0.5) is 0 Å². The second-order valence-corrected chi connectivity index (χ2v) is 4.44. The molecule has 0 amide bonds. The van der Waals surface area contributed by atoms with Crippen molar-refractivity contribution in [1.82, 2.24) is 5.32 Å². The summed E-state index contributed by atoms with van der Waals surface area (Å²) in [6, 6.07) is 4.01. The predicted molar refractivity (Wildman–Crippen MR) is 65.4 cm³/mol. The zero-order valence-electron chi connectivity index (χ0n) is 10.7. The van der Waals surface area contributed by atoms with Gasteiger partial charge in [-0.05, 0) is 45.9 Å². The lowest BCUT2D eigenvalue weighted by Crippen LogP contribution is -2.41. The van der Waals surface area contributed by atoms with E-state index in [-0.39, 0.29) is 11.6 Å². The van der Waals surface area contributed by atoms with E-state index >= 15 is 0 Å². The second kappa shape index (κ2) is 6.06. The minimum absolute atomic E-state index is 0.0994. The third-order valence-corrected chi connectivity index (χ3v) is 2.64. The normalized spacial score (nSPS) is 14.0. The van der Waals surface area contributed by atoms with E-state index in [1.807, 2.05) is 19.1 Å². The highest BCUT2D eigenvalue weighted by Crippen LogP contribution is 2.29. The van der Waals surface area contributed by atoms with Crippen LogP contribution in [0.3, 0.4) is 0 Å².